The summed E-state index contributed by atoms with van der Waals surface area (Å²) in [6, 6.07) is 6.84. The molecule has 0 heterocycles. The van der Waals surface area contributed by atoms with Gasteiger partial charge in [-0.25, -0.2) is 4.79 Å². The van der Waals surface area contributed by atoms with Crippen molar-refractivity contribution in [2.45, 2.75) is 6.92 Å². The number of hydrogen-bond donors (Lipinski definition) is 2. The lowest BCUT2D eigenvalue weighted by Gasteiger charge is -2.04. The highest BCUT2D eigenvalue weighted by atomic mass is 35.5. The fraction of sp³-hybridized carbons (Fsp3) is 0.154. The van der Waals surface area contributed by atoms with Gasteiger partial charge in [0, 0.05) is 18.0 Å². The summed E-state index contributed by atoms with van der Waals surface area (Å²) in [5.74, 6) is -1.72. The highest BCUT2D eigenvalue weighted by molar-refractivity contribution is 6.30. The van der Waals surface area contributed by atoms with Crippen LogP contribution in [0.25, 0.3) is 6.08 Å². The molecular weight excluding hydrogens is 284 g/mol. The Kier molecular flexibility index (Phi) is 6.25. The molecule has 2 amide bonds. The number of hydrogen-bond acceptors (Lipinski definition) is 4. The average Bonchev–Trinajstić information content (AvgIpc) is 2.42. The smallest absolute Gasteiger partial charge is 0.331 e. The van der Waals surface area contributed by atoms with Gasteiger partial charge in [0.25, 0.3) is 5.91 Å². The van der Waals surface area contributed by atoms with Gasteiger partial charge in [-0.1, -0.05) is 23.7 Å². The number of halogens is 1. The third-order valence-electron chi connectivity index (χ3n) is 2.01. The third-order valence-corrected chi connectivity index (χ3v) is 2.26. The molecule has 6 nitrogen and oxygen atoms in total. The van der Waals surface area contributed by atoms with Gasteiger partial charge in [-0.2, -0.15) is 0 Å². The molecule has 1 aromatic carbocycles. The van der Waals surface area contributed by atoms with E-state index in [1.165, 1.54) is 19.1 Å². The molecule has 0 aliphatic carbocycles. The SMILES string of the molecule is CC(=O)NNC(=O)COC(=O)/C=C/c1ccc(Cl)cc1. The standard InChI is InChI=1S/C13H13ClN2O4/c1-9(17)15-16-12(18)8-20-13(19)7-4-10-2-5-11(14)6-3-10/h2-7H,8H2,1H3,(H,15,17)(H,16,18)/b7-4+. The number of esters is 1. The maximum absolute atomic E-state index is 11.3. The van der Waals surface area contributed by atoms with Gasteiger partial charge < -0.3 is 4.74 Å². The number of carbonyl (C=O) groups excluding carboxylic acids is 3. The predicted octanol–water partition coefficient (Wildman–Crippen LogP) is 1.06. The van der Waals surface area contributed by atoms with Crippen LogP contribution in [0, 0.1) is 0 Å². The zero-order chi connectivity index (χ0) is 15.0. The number of carbonyl (C=O) groups is 3. The largest absolute Gasteiger partial charge is 0.452 e. The number of rotatable bonds is 4. The number of nitrogens with one attached hydrogen (secondary N) is 2. The number of benzene rings is 1. The van der Waals surface area contributed by atoms with Crippen molar-refractivity contribution in [1.82, 2.24) is 10.9 Å². The van der Waals surface area contributed by atoms with Gasteiger partial charge in [-0.15, -0.1) is 0 Å². The van der Waals surface area contributed by atoms with E-state index in [-0.39, 0.29) is 0 Å². The van der Waals surface area contributed by atoms with E-state index in [4.69, 9.17) is 11.6 Å². The summed E-state index contributed by atoms with van der Waals surface area (Å²) in [7, 11) is 0. The molecule has 0 aliphatic heterocycles. The lowest BCUT2D eigenvalue weighted by Crippen LogP contribution is -2.42. The Morgan fingerprint density at radius 2 is 1.85 bits per heavy atom. The Balaban J connectivity index is 2.34. The van der Waals surface area contributed by atoms with Crippen molar-refractivity contribution in [1.29, 1.82) is 0 Å². The van der Waals surface area contributed by atoms with Crippen LogP contribution < -0.4 is 10.9 Å². The number of ether oxygens (including phenoxy) is 1. The molecule has 7 heteroatoms. The van der Waals surface area contributed by atoms with Gasteiger partial charge in [0.1, 0.15) is 0 Å². The first-order chi connectivity index (χ1) is 9.47. The Hall–Kier alpha value is -2.34. The monoisotopic (exact) mass is 296 g/mol. The minimum absolute atomic E-state index is 0.424. The molecule has 20 heavy (non-hydrogen) atoms. The van der Waals surface area contributed by atoms with E-state index in [2.05, 4.69) is 15.6 Å². The van der Waals surface area contributed by atoms with Gasteiger partial charge in [-0.05, 0) is 23.8 Å². The van der Waals surface area contributed by atoms with Crippen molar-refractivity contribution in [2.24, 2.45) is 0 Å². The van der Waals surface area contributed by atoms with Crippen molar-refractivity contribution < 1.29 is 19.1 Å². The maximum atomic E-state index is 11.3. The van der Waals surface area contributed by atoms with Crippen LogP contribution in [0.15, 0.2) is 30.3 Å². The van der Waals surface area contributed by atoms with Crippen LogP contribution in [0.1, 0.15) is 12.5 Å². The predicted molar refractivity (Wildman–Crippen MR) is 73.4 cm³/mol. The van der Waals surface area contributed by atoms with Crippen molar-refractivity contribution in [2.75, 3.05) is 6.61 Å². The minimum Gasteiger partial charge on any atom is -0.452 e. The molecule has 1 rings (SSSR count). The van der Waals surface area contributed by atoms with Gasteiger partial charge in [-0.3, -0.25) is 20.4 Å². The molecule has 0 atom stereocenters. The summed E-state index contributed by atoms with van der Waals surface area (Å²) in [5.41, 5.74) is 4.91. The Morgan fingerprint density at radius 3 is 2.45 bits per heavy atom. The second-order valence-corrected chi connectivity index (χ2v) is 4.16. The minimum atomic E-state index is -0.669. The summed E-state index contributed by atoms with van der Waals surface area (Å²) in [6.45, 7) is 0.755. The fourth-order valence-electron chi connectivity index (χ4n) is 1.12. The van der Waals surface area contributed by atoms with Crippen LogP contribution in [0.5, 0.6) is 0 Å². The summed E-state index contributed by atoms with van der Waals surface area (Å²) in [6.07, 6.45) is 2.72. The number of amides is 2. The second-order valence-electron chi connectivity index (χ2n) is 3.72. The molecule has 0 saturated heterocycles. The molecule has 106 valence electrons. The molecule has 0 aliphatic rings. The summed E-state index contributed by atoms with van der Waals surface area (Å²) in [4.78, 5) is 33.0. The normalized spacial score (nSPS) is 10.1. The Morgan fingerprint density at radius 1 is 1.20 bits per heavy atom. The maximum Gasteiger partial charge on any atom is 0.331 e. The fourth-order valence-corrected chi connectivity index (χ4v) is 1.24. The lowest BCUT2D eigenvalue weighted by atomic mass is 10.2. The molecule has 0 unspecified atom stereocenters. The van der Waals surface area contributed by atoms with E-state index in [0.717, 1.165) is 5.56 Å². The molecule has 0 fully saturated rings. The zero-order valence-electron chi connectivity index (χ0n) is 10.7. The van der Waals surface area contributed by atoms with E-state index in [1.54, 1.807) is 24.3 Å². The average molecular weight is 297 g/mol. The molecule has 0 radical (unpaired) electrons. The van der Waals surface area contributed by atoms with Crippen molar-refractivity contribution in [3.8, 4) is 0 Å². The Bertz CT molecular complexity index is 526. The van der Waals surface area contributed by atoms with Crippen LogP contribution in [-0.2, 0) is 19.1 Å². The summed E-state index contributed by atoms with van der Waals surface area (Å²) >= 11 is 5.72. The summed E-state index contributed by atoms with van der Waals surface area (Å²) in [5, 5.41) is 0.597. The molecule has 0 bridgehead atoms. The molecule has 2 N–H and O–H groups in total. The van der Waals surface area contributed by atoms with E-state index in [0.29, 0.717) is 5.02 Å². The number of hydrazine groups is 1. The van der Waals surface area contributed by atoms with Crippen molar-refractivity contribution in [3.05, 3.63) is 40.9 Å². The first-order valence-electron chi connectivity index (χ1n) is 5.63. The first-order valence-corrected chi connectivity index (χ1v) is 6.01. The van der Waals surface area contributed by atoms with Crippen LogP contribution in [0.4, 0.5) is 0 Å². The van der Waals surface area contributed by atoms with Crippen LogP contribution in [0.3, 0.4) is 0 Å². The molecular formula is C13H13ClN2O4. The van der Waals surface area contributed by atoms with Crippen LogP contribution >= 0.6 is 11.6 Å². The highest BCUT2D eigenvalue weighted by Gasteiger charge is 2.04. The van der Waals surface area contributed by atoms with E-state index >= 15 is 0 Å². The van der Waals surface area contributed by atoms with Crippen molar-refractivity contribution in [3.63, 3.8) is 0 Å². The van der Waals surface area contributed by atoms with Crippen LogP contribution in [0.2, 0.25) is 5.02 Å². The second kappa shape index (κ2) is 7.96. The topological polar surface area (TPSA) is 84.5 Å². The van der Waals surface area contributed by atoms with E-state index in [9.17, 15) is 14.4 Å². The molecule has 0 saturated carbocycles. The van der Waals surface area contributed by atoms with Gasteiger partial charge >= 0.3 is 5.97 Å². The van der Waals surface area contributed by atoms with Gasteiger partial charge in [0.15, 0.2) is 6.61 Å². The van der Waals surface area contributed by atoms with Crippen LogP contribution in [-0.4, -0.2) is 24.4 Å². The van der Waals surface area contributed by atoms with Gasteiger partial charge in [0.2, 0.25) is 5.91 Å². The lowest BCUT2D eigenvalue weighted by molar-refractivity contribution is -0.144. The quantitative estimate of drug-likeness (QED) is 0.494. The molecule has 0 aromatic heterocycles. The molecule has 0 spiro atoms. The summed E-state index contributed by atoms with van der Waals surface area (Å²) < 4.78 is 4.67. The zero-order valence-corrected chi connectivity index (χ0v) is 11.4. The van der Waals surface area contributed by atoms with Crippen molar-refractivity contribution >= 4 is 35.5 Å². The van der Waals surface area contributed by atoms with Gasteiger partial charge in [0.05, 0.1) is 0 Å². The Labute approximate surface area is 120 Å². The molecule has 1 aromatic rings. The van der Waals surface area contributed by atoms with E-state index in [1.807, 2.05) is 0 Å². The highest BCUT2D eigenvalue weighted by Crippen LogP contribution is 2.10. The third kappa shape index (κ3) is 6.55. The first kappa shape index (κ1) is 15.7. The van der Waals surface area contributed by atoms with E-state index < -0.39 is 24.4 Å².